The van der Waals surface area contributed by atoms with E-state index in [1.54, 1.807) is 35.2 Å². The van der Waals surface area contributed by atoms with Gasteiger partial charge in [0.15, 0.2) is 0 Å². The molecule has 206 valence electrons. The molecule has 1 unspecified atom stereocenters. The minimum absolute atomic E-state index is 0.232. The predicted octanol–water partition coefficient (Wildman–Crippen LogP) is 3.00. The molecular weight excluding hydrogens is 541 g/mol. The molecule has 0 saturated carbocycles. The van der Waals surface area contributed by atoms with Crippen LogP contribution in [0.1, 0.15) is 16.8 Å². The summed E-state index contributed by atoms with van der Waals surface area (Å²) in [5, 5.41) is 4.55. The number of amides is 2. The summed E-state index contributed by atoms with van der Waals surface area (Å²) in [5.41, 5.74) is 1.31. The second kappa shape index (κ2) is 12.4. The van der Waals surface area contributed by atoms with Crippen LogP contribution in [0, 0.1) is 0 Å². The Morgan fingerprint density at radius 2 is 1.79 bits per heavy atom. The summed E-state index contributed by atoms with van der Waals surface area (Å²) in [6.07, 6.45) is 0.793. The SMILES string of the molecule is O=C(NCCCN1CCOCC1)C1CN(c2ccc(Cl)c(Cl)c2)CCN1C(=O)c1cc(=O)[nH]c2ccccc12. The highest BCUT2D eigenvalue weighted by Crippen LogP contribution is 2.29. The quantitative estimate of drug-likeness (QED) is 0.423. The van der Waals surface area contributed by atoms with Crippen molar-refractivity contribution in [1.82, 2.24) is 20.1 Å². The van der Waals surface area contributed by atoms with E-state index in [0.29, 0.717) is 40.6 Å². The molecule has 2 aliphatic rings. The second-order valence-corrected chi connectivity index (χ2v) is 10.6. The van der Waals surface area contributed by atoms with Crippen molar-refractivity contribution in [2.45, 2.75) is 12.5 Å². The number of fused-ring (bicyclic) bond motifs is 1. The van der Waals surface area contributed by atoms with Gasteiger partial charge in [-0.3, -0.25) is 19.3 Å². The molecule has 0 spiro atoms. The number of H-pyrrole nitrogens is 1. The van der Waals surface area contributed by atoms with E-state index in [1.165, 1.54) is 6.07 Å². The molecule has 0 bridgehead atoms. The van der Waals surface area contributed by atoms with Crippen molar-refractivity contribution >= 4 is 51.6 Å². The number of anilines is 1. The average molecular weight is 572 g/mol. The molecule has 3 aromatic rings. The fourth-order valence-electron chi connectivity index (χ4n) is 5.16. The number of aromatic amines is 1. The fourth-order valence-corrected chi connectivity index (χ4v) is 5.45. The molecule has 0 radical (unpaired) electrons. The summed E-state index contributed by atoms with van der Waals surface area (Å²) in [5.74, 6) is -0.580. The fraction of sp³-hybridized carbons (Fsp3) is 0.393. The summed E-state index contributed by atoms with van der Waals surface area (Å²) in [6.45, 7) is 5.67. The summed E-state index contributed by atoms with van der Waals surface area (Å²) in [7, 11) is 0. The van der Waals surface area contributed by atoms with Crippen LogP contribution in [0.4, 0.5) is 5.69 Å². The van der Waals surface area contributed by atoms with Crippen molar-refractivity contribution < 1.29 is 14.3 Å². The van der Waals surface area contributed by atoms with E-state index in [1.807, 2.05) is 17.0 Å². The van der Waals surface area contributed by atoms with Crippen molar-refractivity contribution in [1.29, 1.82) is 0 Å². The third kappa shape index (κ3) is 6.38. The van der Waals surface area contributed by atoms with Gasteiger partial charge in [0.05, 0.1) is 28.8 Å². The zero-order chi connectivity index (χ0) is 27.4. The van der Waals surface area contributed by atoms with Gasteiger partial charge < -0.3 is 24.8 Å². The monoisotopic (exact) mass is 571 g/mol. The van der Waals surface area contributed by atoms with Crippen molar-refractivity contribution in [2.75, 3.05) is 63.9 Å². The number of carbonyl (C=O) groups is 2. The van der Waals surface area contributed by atoms with Crippen LogP contribution < -0.4 is 15.8 Å². The second-order valence-electron chi connectivity index (χ2n) is 9.75. The Balaban J connectivity index is 1.36. The predicted molar refractivity (Wildman–Crippen MR) is 153 cm³/mol. The summed E-state index contributed by atoms with van der Waals surface area (Å²) < 4.78 is 5.40. The number of hydrogen-bond donors (Lipinski definition) is 2. The first-order chi connectivity index (χ1) is 18.9. The zero-order valence-electron chi connectivity index (χ0n) is 21.5. The maximum Gasteiger partial charge on any atom is 0.255 e. The number of halogens is 2. The lowest BCUT2D eigenvalue weighted by molar-refractivity contribution is -0.125. The Labute approximate surface area is 236 Å². The van der Waals surface area contributed by atoms with Gasteiger partial charge in [0.25, 0.3) is 5.91 Å². The van der Waals surface area contributed by atoms with Crippen molar-refractivity contribution in [3.63, 3.8) is 0 Å². The molecule has 3 heterocycles. The van der Waals surface area contributed by atoms with Crippen LogP contribution in [0.25, 0.3) is 10.9 Å². The number of carbonyl (C=O) groups excluding carboxylic acids is 2. The number of rotatable bonds is 7. The topological polar surface area (TPSA) is 98.0 Å². The number of nitrogens with one attached hydrogen (secondary N) is 2. The van der Waals surface area contributed by atoms with E-state index in [-0.39, 0.29) is 29.5 Å². The van der Waals surface area contributed by atoms with Gasteiger partial charge in [-0.05, 0) is 37.2 Å². The first-order valence-electron chi connectivity index (χ1n) is 13.1. The number of ether oxygens (including phenoxy) is 1. The number of hydrogen-bond acceptors (Lipinski definition) is 6. The van der Waals surface area contributed by atoms with Crippen LogP contribution in [0.2, 0.25) is 10.0 Å². The van der Waals surface area contributed by atoms with E-state index in [9.17, 15) is 14.4 Å². The number of piperazine rings is 1. The van der Waals surface area contributed by atoms with Crippen molar-refractivity contribution in [3.05, 3.63) is 74.5 Å². The lowest BCUT2D eigenvalue weighted by Gasteiger charge is -2.41. The van der Waals surface area contributed by atoms with E-state index in [0.717, 1.165) is 45.0 Å². The molecule has 0 aliphatic carbocycles. The standard InChI is InChI=1S/C28H31Cl2N5O4/c29-22-7-6-19(16-23(22)30)34-10-11-35(28(38)21-17-26(36)32-24-5-2-1-4-20(21)24)25(18-34)27(37)31-8-3-9-33-12-14-39-15-13-33/h1-2,4-7,16-17,25H,3,8-15,18H2,(H,31,37)(H,32,36). The first kappa shape index (κ1) is 27.5. The maximum atomic E-state index is 13.9. The summed E-state index contributed by atoms with van der Waals surface area (Å²) >= 11 is 12.4. The first-order valence-corrected chi connectivity index (χ1v) is 13.9. The van der Waals surface area contributed by atoms with Gasteiger partial charge in [0.1, 0.15) is 6.04 Å². The number of para-hydroxylation sites is 1. The van der Waals surface area contributed by atoms with Crippen LogP contribution in [0.5, 0.6) is 0 Å². The van der Waals surface area contributed by atoms with Crippen LogP contribution in [0.15, 0.2) is 53.3 Å². The van der Waals surface area contributed by atoms with Crippen LogP contribution in [-0.4, -0.2) is 91.7 Å². The van der Waals surface area contributed by atoms with Gasteiger partial charge in [0, 0.05) is 61.9 Å². The number of benzene rings is 2. The molecule has 2 amide bonds. The van der Waals surface area contributed by atoms with E-state index in [2.05, 4.69) is 15.2 Å². The van der Waals surface area contributed by atoms with Gasteiger partial charge in [-0.2, -0.15) is 0 Å². The molecule has 2 N–H and O–H groups in total. The molecule has 2 saturated heterocycles. The summed E-state index contributed by atoms with van der Waals surface area (Å²) in [6, 6.07) is 13.1. The minimum Gasteiger partial charge on any atom is -0.379 e. The molecule has 2 aliphatic heterocycles. The number of aromatic nitrogens is 1. The van der Waals surface area contributed by atoms with Crippen molar-refractivity contribution in [2.24, 2.45) is 0 Å². The minimum atomic E-state index is -0.762. The molecule has 5 rings (SSSR count). The highest BCUT2D eigenvalue weighted by molar-refractivity contribution is 6.42. The molecule has 11 heteroatoms. The molecule has 2 fully saturated rings. The van der Waals surface area contributed by atoms with Crippen LogP contribution in [0.3, 0.4) is 0 Å². The third-order valence-electron chi connectivity index (χ3n) is 7.25. The normalized spacial score (nSPS) is 18.4. The molecule has 1 aromatic heterocycles. The number of nitrogens with zero attached hydrogens (tertiary/aromatic N) is 3. The Bertz CT molecular complexity index is 1410. The van der Waals surface area contributed by atoms with E-state index < -0.39 is 6.04 Å². The number of pyridine rings is 1. The largest absolute Gasteiger partial charge is 0.379 e. The smallest absolute Gasteiger partial charge is 0.255 e. The maximum absolute atomic E-state index is 13.9. The van der Waals surface area contributed by atoms with Gasteiger partial charge >= 0.3 is 0 Å². The van der Waals surface area contributed by atoms with Crippen LogP contribution in [-0.2, 0) is 9.53 Å². The zero-order valence-corrected chi connectivity index (χ0v) is 23.0. The number of morpholine rings is 1. The summed E-state index contributed by atoms with van der Waals surface area (Å²) in [4.78, 5) is 48.5. The molecule has 1 atom stereocenters. The highest BCUT2D eigenvalue weighted by Gasteiger charge is 2.36. The Hall–Kier alpha value is -3.11. The van der Waals surface area contributed by atoms with Gasteiger partial charge in [-0.25, -0.2) is 0 Å². The Morgan fingerprint density at radius 3 is 2.59 bits per heavy atom. The van der Waals surface area contributed by atoms with Gasteiger partial charge in [-0.1, -0.05) is 41.4 Å². The molecular formula is C28H31Cl2N5O4. The lowest BCUT2D eigenvalue weighted by Crippen LogP contribution is -2.61. The van der Waals surface area contributed by atoms with Gasteiger partial charge in [0.2, 0.25) is 11.5 Å². The Morgan fingerprint density at radius 1 is 1.00 bits per heavy atom. The highest BCUT2D eigenvalue weighted by atomic mass is 35.5. The molecule has 39 heavy (non-hydrogen) atoms. The van der Waals surface area contributed by atoms with Crippen LogP contribution >= 0.6 is 23.2 Å². The van der Waals surface area contributed by atoms with E-state index in [4.69, 9.17) is 27.9 Å². The van der Waals surface area contributed by atoms with Gasteiger partial charge in [-0.15, -0.1) is 0 Å². The molecule has 9 nitrogen and oxygen atoms in total. The molecule has 2 aromatic carbocycles. The van der Waals surface area contributed by atoms with Crippen molar-refractivity contribution in [3.8, 4) is 0 Å². The third-order valence-corrected chi connectivity index (χ3v) is 7.99. The lowest BCUT2D eigenvalue weighted by atomic mass is 10.0. The van der Waals surface area contributed by atoms with E-state index >= 15 is 0 Å². The Kier molecular flexibility index (Phi) is 8.72. The average Bonchev–Trinajstić information content (AvgIpc) is 2.96.